The van der Waals surface area contributed by atoms with Crippen molar-refractivity contribution in [2.75, 3.05) is 52.0 Å². The topological polar surface area (TPSA) is 53.6 Å². The standard InChI is InChI=1S/C11H23N3O2S.2ClH/c1-14(6-7-16-2)5-3-4-12-11(15)10-8-17-9-13-10;;/h10,13H,3-9H2,1-2H3,(H,12,15);2*1H. The van der Waals surface area contributed by atoms with E-state index in [1.807, 2.05) is 0 Å². The van der Waals surface area contributed by atoms with Gasteiger partial charge in [-0.25, -0.2) is 0 Å². The van der Waals surface area contributed by atoms with E-state index < -0.39 is 0 Å². The molecule has 5 nitrogen and oxygen atoms in total. The molecule has 0 aromatic heterocycles. The lowest BCUT2D eigenvalue weighted by Gasteiger charge is -2.16. The first-order valence-corrected chi connectivity index (χ1v) is 7.16. The van der Waals surface area contributed by atoms with Gasteiger partial charge >= 0.3 is 0 Å². The van der Waals surface area contributed by atoms with Gasteiger partial charge in [0.05, 0.1) is 12.6 Å². The lowest BCUT2D eigenvalue weighted by Crippen LogP contribution is -2.42. The van der Waals surface area contributed by atoms with E-state index in [-0.39, 0.29) is 36.8 Å². The number of nitrogens with zero attached hydrogens (tertiary/aromatic N) is 1. The molecule has 1 unspecified atom stereocenters. The molecule has 0 aliphatic carbocycles. The van der Waals surface area contributed by atoms with Crippen molar-refractivity contribution in [1.29, 1.82) is 0 Å². The number of ether oxygens (including phenoxy) is 1. The van der Waals surface area contributed by atoms with Gasteiger partial charge in [-0.3, -0.25) is 10.1 Å². The lowest BCUT2D eigenvalue weighted by molar-refractivity contribution is -0.122. The molecular formula is C11H25Cl2N3O2S. The highest BCUT2D eigenvalue weighted by atomic mass is 35.5. The lowest BCUT2D eigenvalue weighted by atomic mass is 10.3. The molecule has 1 amide bonds. The van der Waals surface area contributed by atoms with Gasteiger partial charge in [0.25, 0.3) is 0 Å². The normalized spacial score (nSPS) is 17.7. The number of carbonyl (C=O) groups is 1. The predicted molar refractivity (Wildman–Crippen MR) is 85.7 cm³/mol. The van der Waals surface area contributed by atoms with Crippen LogP contribution in [0.4, 0.5) is 0 Å². The molecule has 0 spiro atoms. The van der Waals surface area contributed by atoms with Crippen molar-refractivity contribution in [2.24, 2.45) is 0 Å². The predicted octanol–water partition coefficient (Wildman–Crippen LogP) is 0.577. The van der Waals surface area contributed by atoms with E-state index >= 15 is 0 Å². The molecule has 1 aliphatic rings. The molecule has 1 aliphatic heterocycles. The maximum atomic E-state index is 11.6. The van der Waals surface area contributed by atoms with Gasteiger partial charge in [0.2, 0.25) is 5.91 Å². The van der Waals surface area contributed by atoms with Crippen LogP contribution in [0.25, 0.3) is 0 Å². The number of likely N-dealkylation sites (N-methyl/N-ethyl adjacent to an activating group) is 1. The van der Waals surface area contributed by atoms with E-state index in [1.54, 1.807) is 18.9 Å². The van der Waals surface area contributed by atoms with Gasteiger partial charge in [-0.05, 0) is 20.0 Å². The number of thioether (sulfide) groups is 1. The number of methoxy groups -OCH3 is 1. The fourth-order valence-corrected chi connectivity index (χ4v) is 2.55. The van der Waals surface area contributed by atoms with Crippen molar-refractivity contribution >= 4 is 42.5 Å². The number of nitrogens with one attached hydrogen (secondary N) is 2. The zero-order valence-electron chi connectivity index (χ0n) is 11.5. The van der Waals surface area contributed by atoms with Crippen molar-refractivity contribution in [1.82, 2.24) is 15.5 Å². The van der Waals surface area contributed by atoms with Crippen LogP contribution in [0.1, 0.15) is 6.42 Å². The SMILES string of the molecule is COCCN(C)CCCNC(=O)C1CSCN1.Cl.Cl. The van der Waals surface area contributed by atoms with Gasteiger partial charge in [-0.2, -0.15) is 0 Å². The minimum absolute atomic E-state index is 0. The van der Waals surface area contributed by atoms with Crippen LogP contribution >= 0.6 is 36.6 Å². The van der Waals surface area contributed by atoms with Crippen LogP contribution in [-0.2, 0) is 9.53 Å². The van der Waals surface area contributed by atoms with Gasteiger partial charge in [0, 0.05) is 31.8 Å². The molecule has 2 N–H and O–H groups in total. The summed E-state index contributed by atoms with van der Waals surface area (Å²) >= 11 is 1.77. The molecule has 0 bridgehead atoms. The smallest absolute Gasteiger partial charge is 0.238 e. The number of hydrogen-bond donors (Lipinski definition) is 2. The molecule has 1 saturated heterocycles. The first-order chi connectivity index (χ1) is 8.24. The molecule has 19 heavy (non-hydrogen) atoms. The molecule has 1 heterocycles. The summed E-state index contributed by atoms with van der Waals surface area (Å²) in [6, 6.07) is 0.00576. The quantitative estimate of drug-likeness (QED) is 0.636. The van der Waals surface area contributed by atoms with E-state index in [2.05, 4.69) is 22.6 Å². The van der Waals surface area contributed by atoms with Gasteiger partial charge in [0.15, 0.2) is 0 Å². The van der Waals surface area contributed by atoms with Crippen LogP contribution < -0.4 is 10.6 Å². The minimum Gasteiger partial charge on any atom is -0.383 e. The zero-order chi connectivity index (χ0) is 12.5. The Morgan fingerprint density at radius 3 is 2.79 bits per heavy atom. The summed E-state index contributed by atoms with van der Waals surface area (Å²) in [4.78, 5) is 13.8. The average Bonchev–Trinajstić information content (AvgIpc) is 2.85. The van der Waals surface area contributed by atoms with Crippen molar-refractivity contribution in [3.63, 3.8) is 0 Å². The van der Waals surface area contributed by atoms with Crippen LogP contribution in [0.5, 0.6) is 0 Å². The van der Waals surface area contributed by atoms with Crippen LogP contribution in [0, 0.1) is 0 Å². The van der Waals surface area contributed by atoms with Crippen molar-refractivity contribution in [2.45, 2.75) is 12.5 Å². The summed E-state index contributed by atoms with van der Waals surface area (Å²) in [6.45, 7) is 3.42. The minimum atomic E-state index is 0. The largest absolute Gasteiger partial charge is 0.383 e. The number of rotatable bonds is 8. The Hall–Kier alpha value is 0.280. The van der Waals surface area contributed by atoms with Crippen molar-refractivity contribution in [3.8, 4) is 0 Å². The Balaban J connectivity index is 0. The van der Waals surface area contributed by atoms with E-state index in [0.29, 0.717) is 0 Å². The Morgan fingerprint density at radius 2 is 2.21 bits per heavy atom. The molecule has 1 fully saturated rings. The van der Waals surface area contributed by atoms with Crippen molar-refractivity contribution < 1.29 is 9.53 Å². The Morgan fingerprint density at radius 1 is 1.47 bits per heavy atom. The second kappa shape index (κ2) is 13.3. The Labute approximate surface area is 132 Å². The van der Waals surface area contributed by atoms with Crippen LogP contribution in [0.2, 0.25) is 0 Å². The summed E-state index contributed by atoms with van der Waals surface area (Å²) in [5.41, 5.74) is 0. The molecular weight excluding hydrogens is 309 g/mol. The third kappa shape index (κ3) is 9.76. The number of amides is 1. The Kier molecular flexibility index (Phi) is 15.1. The molecule has 1 atom stereocenters. The summed E-state index contributed by atoms with van der Waals surface area (Å²) < 4.78 is 5.00. The maximum absolute atomic E-state index is 11.6. The highest BCUT2D eigenvalue weighted by Gasteiger charge is 2.21. The molecule has 0 saturated carbocycles. The fourth-order valence-electron chi connectivity index (χ4n) is 1.61. The second-order valence-corrected chi connectivity index (χ2v) is 5.24. The third-order valence-corrected chi connectivity index (χ3v) is 3.67. The van der Waals surface area contributed by atoms with Gasteiger partial charge in [-0.1, -0.05) is 0 Å². The third-order valence-electron chi connectivity index (χ3n) is 2.73. The van der Waals surface area contributed by atoms with Crippen LogP contribution in [-0.4, -0.2) is 68.9 Å². The monoisotopic (exact) mass is 333 g/mol. The number of halogens is 2. The van der Waals surface area contributed by atoms with Gasteiger partial charge in [-0.15, -0.1) is 36.6 Å². The van der Waals surface area contributed by atoms with Gasteiger partial charge < -0.3 is 15.0 Å². The summed E-state index contributed by atoms with van der Waals surface area (Å²) in [6.07, 6.45) is 0.978. The first kappa shape index (κ1) is 21.6. The van der Waals surface area contributed by atoms with E-state index in [0.717, 1.165) is 44.3 Å². The number of carbonyl (C=O) groups excluding carboxylic acids is 1. The Bertz CT molecular complexity index is 232. The van der Waals surface area contributed by atoms with E-state index in [9.17, 15) is 4.79 Å². The number of hydrogen-bond acceptors (Lipinski definition) is 5. The van der Waals surface area contributed by atoms with Gasteiger partial charge in [0.1, 0.15) is 0 Å². The molecule has 116 valence electrons. The first-order valence-electron chi connectivity index (χ1n) is 6.00. The summed E-state index contributed by atoms with van der Waals surface area (Å²) in [5.74, 6) is 1.91. The molecule has 8 heteroatoms. The van der Waals surface area contributed by atoms with Crippen LogP contribution in [0.3, 0.4) is 0 Å². The van der Waals surface area contributed by atoms with E-state index in [1.165, 1.54) is 0 Å². The molecule has 0 radical (unpaired) electrons. The maximum Gasteiger partial charge on any atom is 0.238 e. The summed E-state index contributed by atoms with van der Waals surface area (Å²) in [7, 11) is 3.77. The summed E-state index contributed by atoms with van der Waals surface area (Å²) in [5, 5.41) is 6.12. The van der Waals surface area contributed by atoms with E-state index in [4.69, 9.17) is 4.74 Å². The van der Waals surface area contributed by atoms with Crippen molar-refractivity contribution in [3.05, 3.63) is 0 Å². The molecule has 0 aromatic carbocycles. The molecule has 0 aromatic rings. The zero-order valence-corrected chi connectivity index (χ0v) is 14.0. The fraction of sp³-hybridized carbons (Fsp3) is 0.909. The van der Waals surface area contributed by atoms with Crippen LogP contribution in [0.15, 0.2) is 0 Å². The highest BCUT2D eigenvalue weighted by Crippen LogP contribution is 2.08. The second-order valence-electron chi connectivity index (χ2n) is 4.21. The highest BCUT2D eigenvalue weighted by molar-refractivity contribution is 7.99. The average molecular weight is 334 g/mol. The molecule has 1 rings (SSSR count).